The first kappa shape index (κ1) is 18.9. The minimum absolute atomic E-state index is 0.0490. The number of amides is 1. The van der Waals surface area contributed by atoms with Gasteiger partial charge in [0.2, 0.25) is 0 Å². The summed E-state index contributed by atoms with van der Waals surface area (Å²) >= 11 is 3.26. The van der Waals surface area contributed by atoms with Gasteiger partial charge in [-0.1, -0.05) is 12.1 Å². The van der Waals surface area contributed by atoms with Crippen LogP contribution in [0.25, 0.3) is 0 Å². The fourth-order valence-electron chi connectivity index (χ4n) is 2.02. The fraction of sp³-hybridized carbons (Fsp3) is 0.278. The van der Waals surface area contributed by atoms with Gasteiger partial charge in [0.05, 0.1) is 18.2 Å². The summed E-state index contributed by atoms with van der Waals surface area (Å²) in [4.78, 5) is 28.1. The van der Waals surface area contributed by atoms with Crippen LogP contribution in [0.2, 0.25) is 0 Å². The standard InChI is InChI=1S/C18H19BrN2O4/c1-12(2)25-16-6-4-3-5-15(16)18(23)24-8-7-21-17(22)13-9-14(19)11-20-10-13/h3-6,9-12H,7-8H2,1-2H3,(H,21,22). The highest BCUT2D eigenvalue weighted by atomic mass is 79.9. The molecule has 25 heavy (non-hydrogen) atoms. The van der Waals surface area contributed by atoms with E-state index in [9.17, 15) is 9.59 Å². The molecular weight excluding hydrogens is 388 g/mol. The molecule has 6 nitrogen and oxygen atoms in total. The minimum atomic E-state index is -0.491. The molecule has 1 amide bonds. The van der Waals surface area contributed by atoms with E-state index in [1.807, 2.05) is 13.8 Å². The van der Waals surface area contributed by atoms with E-state index in [-0.39, 0.29) is 25.2 Å². The van der Waals surface area contributed by atoms with Crippen LogP contribution in [0.1, 0.15) is 34.6 Å². The van der Waals surface area contributed by atoms with Crippen LogP contribution in [0.5, 0.6) is 5.75 Å². The summed E-state index contributed by atoms with van der Waals surface area (Å²) in [5, 5.41) is 2.67. The molecule has 0 unspecified atom stereocenters. The second-order valence-corrected chi connectivity index (χ2v) is 6.36. The van der Waals surface area contributed by atoms with Crippen molar-refractivity contribution in [3.8, 4) is 5.75 Å². The highest BCUT2D eigenvalue weighted by Crippen LogP contribution is 2.20. The molecule has 0 saturated carbocycles. The second-order valence-electron chi connectivity index (χ2n) is 5.45. The maximum atomic E-state index is 12.2. The summed E-state index contributed by atoms with van der Waals surface area (Å²) in [5.41, 5.74) is 0.787. The number of carbonyl (C=O) groups excluding carboxylic acids is 2. The Morgan fingerprint density at radius 3 is 2.72 bits per heavy atom. The topological polar surface area (TPSA) is 77.5 Å². The molecule has 7 heteroatoms. The van der Waals surface area contributed by atoms with Gasteiger partial charge in [-0.2, -0.15) is 0 Å². The molecule has 132 valence electrons. The molecule has 1 aromatic heterocycles. The van der Waals surface area contributed by atoms with Gasteiger partial charge >= 0.3 is 5.97 Å². The van der Waals surface area contributed by atoms with Crippen molar-refractivity contribution in [1.82, 2.24) is 10.3 Å². The van der Waals surface area contributed by atoms with Crippen LogP contribution < -0.4 is 10.1 Å². The van der Waals surface area contributed by atoms with E-state index in [1.54, 1.807) is 36.5 Å². The number of hydrogen-bond donors (Lipinski definition) is 1. The number of para-hydroxylation sites is 1. The van der Waals surface area contributed by atoms with E-state index >= 15 is 0 Å². The number of nitrogens with one attached hydrogen (secondary N) is 1. The van der Waals surface area contributed by atoms with E-state index < -0.39 is 5.97 Å². The van der Waals surface area contributed by atoms with Crippen LogP contribution in [0.4, 0.5) is 0 Å². The van der Waals surface area contributed by atoms with Crippen molar-refractivity contribution < 1.29 is 19.1 Å². The first-order valence-electron chi connectivity index (χ1n) is 7.79. The predicted molar refractivity (Wildman–Crippen MR) is 96.8 cm³/mol. The molecule has 0 aliphatic heterocycles. The molecule has 2 rings (SSSR count). The number of carbonyl (C=O) groups is 2. The SMILES string of the molecule is CC(C)Oc1ccccc1C(=O)OCCNC(=O)c1cncc(Br)c1. The molecule has 0 aliphatic rings. The van der Waals surface area contributed by atoms with Crippen molar-refractivity contribution in [2.24, 2.45) is 0 Å². The average Bonchev–Trinajstić information content (AvgIpc) is 2.58. The predicted octanol–water partition coefficient (Wildman–Crippen LogP) is 3.22. The van der Waals surface area contributed by atoms with Crippen molar-refractivity contribution in [2.75, 3.05) is 13.2 Å². The lowest BCUT2D eigenvalue weighted by Crippen LogP contribution is -2.28. The van der Waals surface area contributed by atoms with Gasteiger partial charge in [-0.3, -0.25) is 9.78 Å². The molecule has 0 aliphatic carbocycles. The molecule has 2 aromatic rings. The highest BCUT2D eigenvalue weighted by Gasteiger charge is 2.14. The maximum absolute atomic E-state index is 12.2. The summed E-state index contributed by atoms with van der Waals surface area (Å²) in [6.07, 6.45) is 3.01. The molecule has 1 aromatic carbocycles. The number of rotatable bonds is 7. The van der Waals surface area contributed by atoms with Gasteiger partial charge in [-0.05, 0) is 48.0 Å². The maximum Gasteiger partial charge on any atom is 0.341 e. The molecule has 0 spiro atoms. The van der Waals surface area contributed by atoms with Crippen molar-refractivity contribution in [3.63, 3.8) is 0 Å². The minimum Gasteiger partial charge on any atom is -0.490 e. The first-order chi connectivity index (χ1) is 12.0. The zero-order valence-corrected chi connectivity index (χ0v) is 15.6. The molecule has 0 radical (unpaired) electrons. The zero-order valence-electron chi connectivity index (χ0n) is 14.0. The van der Waals surface area contributed by atoms with Crippen LogP contribution in [0.15, 0.2) is 47.2 Å². The lowest BCUT2D eigenvalue weighted by atomic mass is 10.2. The monoisotopic (exact) mass is 406 g/mol. The summed E-state index contributed by atoms with van der Waals surface area (Å²) in [7, 11) is 0. The van der Waals surface area contributed by atoms with Crippen LogP contribution in [0.3, 0.4) is 0 Å². The number of hydrogen-bond acceptors (Lipinski definition) is 5. The fourth-order valence-corrected chi connectivity index (χ4v) is 2.38. The third kappa shape index (κ3) is 5.86. The Bertz CT molecular complexity index is 749. The van der Waals surface area contributed by atoms with Crippen LogP contribution >= 0.6 is 15.9 Å². The number of pyridine rings is 1. The Balaban J connectivity index is 1.84. The van der Waals surface area contributed by atoms with Gasteiger partial charge in [0.25, 0.3) is 5.91 Å². The van der Waals surface area contributed by atoms with Crippen LogP contribution in [0, 0.1) is 0 Å². The van der Waals surface area contributed by atoms with E-state index in [4.69, 9.17) is 9.47 Å². The van der Waals surface area contributed by atoms with Gasteiger partial charge in [-0.25, -0.2) is 4.79 Å². The van der Waals surface area contributed by atoms with Gasteiger partial charge in [0.15, 0.2) is 0 Å². The third-order valence-corrected chi connectivity index (χ3v) is 3.49. The largest absolute Gasteiger partial charge is 0.490 e. The molecule has 1 N–H and O–H groups in total. The number of ether oxygens (including phenoxy) is 2. The van der Waals surface area contributed by atoms with Crippen molar-refractivity contribution in [1.29, 1.82) is 0 Å². The lowest BCUT2D eigenvalue weighted by molar-refractivity contribution is 0.0497. The smallest absolute Gasteiger partial charge is 0.341 e. The third-order valence-electron chi connectivity index (χ3n) is 3.06. The Labute approximate surface area is 154 Å². The van der Waals surface area contributed by atoms with Crippen molar-refractivity contribution >= 4 is 27.8 Å². The van der Waals surface area contributed by atoms with Gasteiger partial charge in [0, 0.05) is 16.9 Å². The van der Waals surface area contributed by atoms with E-state index in [0.717, 1.165) is 0 Å². The zero-order chi connectivity index (χ0) is 18.2. The number of benzene rings is 1. The lowest BCUT2D eigenvalue weighted by Gasteiger charge is -2.13. The summed E-state index contributed by atoms with van der Waals surface area (Å²) in [6.45, 7) is 4.02. The van der Waals surface area contributed by atoms with Crippen LogP contribution in [-0.2, 0) is 4.74 Å². The normalized spacial score (nSPS) is 10.4. The quantitative estimate of drug-likeness (QED) is 0.564. The van der Waals surface area contributed by atoms with E-state index in [2.05, 4.69) is 26.2 Å². The highest BCUT2D eigenvalue weighted by molar-refractivity contribution is 9.10. The Morgan fingerprint density at radius 2 is 2.00 bits per heavy atom. The molecule has 0 atom stereocenters. The summed E-state index contributed by atoms with van der Waals surface area (Å²) in [5.74, 6) is -0.297. The first-order valence-corrected chi connectivity index (χ1v) is 8.58. The number of aromatic nitrogens is 1. The Hall–Kier alpha value is -2.41. The average molecular weight is 407 g/mol. The van der Waals surface area contributed by atoms with Crippen molar-refractivity contribution in [3.05, 3.63) is 58.3 Å². The van der Waals surface area contributed by atoms with Gasteiger partial charge < -0.3 is 14.8 Å². The number of halogens is 1. The van der Waals surface area contributed by atoms with Gasteiger partial charge in [-0.15, -0.1) is 0 Å². The van der Waals surface area contributed by atoms with E-state index in [0.29, 0.717) is 21.3 Å². The molecule has 0 bridgehead atoms. The molecule has 0 fully saturated rings. The van der Waals surface area contributed by atoms with Crippen molar-refractivity contribution in [2.45, 2.75) is 20.0 Å². The number of nitrogens with zero attached hydrogens (tertiary/aromatic N) is 1. The van der Waals surface area contributed by atoms with Gasteiger partial charge in [0.1, 0.15) is 17.9 Å². The second kappa shape index (κ2) is 9.17. The number of esters is 1. The molecule has 1 heterocycles. The van der Waals surface area contributed by atoms with E-state index in [1.165, 1.54) is 6.20 Å². The summed E-state index contributed by atoms with van der Waals surface area (Å²) < 4.78 is 11.5. The van der Waals surface area contributed by atoms with Crippen LogP contribution in [-0.4, -0.2) is 36.1 Å². The Morgan fingerprint density at radius 1 is 1.24 bits per heavy atom. The molecule has 0 saturated heterocycles. The molecular formula is C18H19BrN2O4. The summed E-state index contributed by atoms with van der Waals surface area (Å²) in [6, 6.07) is 8.56. The Kier molecular flexibility index (Phi) is 6.94.